The molecule has 0 saturated carbocycles. The maximum Gasteiger partial charge on any atom is 0.244 e. The summed E-state index contributed by atoms with van der Waals surface area (Å²) in [6, 6.07) is 3.08. The number of ether oxygens (including phenoxy) is 2. The second-order valence-electron chi connectivity index (χ2n) is 5.99. The Morgan fingerprint density at radius 1 is 1.22 bits per heavy atom. The van der Waals surface area contributed by atoms with Crippen molar-refractivity contribution in [2.75, 3.05) is 14.2 Å². The largest absolute Gasteiger partial charge is 0.493 e. The third kappa shape index (κ3) is 4.07. The number of aromatic nitrogens is 2. The molecule has 0 saturated heterocycles. The zero-order valence-corrected chi connectivity index (χ0v) is 15.3. The smallest absolute Gasteiger partial charge is 0.244 e. The number of halogens is 2. The molecule has 0 unspecified atom stereocenters. The van der Waals surface area contributed by atoms with E-state index >= 15 is 0 Å². The van der Waals surface area contributed by atoms with Crippen LogP contribution in [0, 0.1) is 5.41 Å². The molecule has 1 heterocycles. The summed E-state index contributed by atoms with van der Waals surface area (Å²) in [5, 5.41) is 4.38. The number of benzene rings is 1. The zero-order chi connectivity index (χ0) is 16.5. The normalized spacial score (nSPS) is 12.5. The van der Waals surface area contributed by atoms with E-state index in [1.54, 1.807) is 12.1 Å². The van der Waals surface area contributed by atoms with Gasteiger partial charge in [-0.05, 0) is 17.5 Å². The van der Waals surface area contributed by atoms with E-state index in [4.69, 9.17) is 31.3 Å². The first-order valence-corrected chi connectivity index (χ1v) is 7.16. The van der Waals surface area contributed by atoms with Crippen LogP contribution in [0.25, 0.3) is 11.4 Å². The fourth-order valence-electron chi connectivity index (χ4n) is 1.90. The second kappa shape index (κ2) is 7.38. The molecule has 0 aliphatic rings. The Bertz CT molecular complexity index is 668. The highest BCUT2D eigenvalue weighted by Gasteiger charge is 2.28. The topological polar surface area (TPSA) is 83.4 Å². The number of hydrogen-bond acceptors (Lipinski definition) is 6. The molecule has 0 aliphatic carbocycles. The third-order valence-corrected chi connectivity index (χ3v) is 3.61. The van der Waals surface area contributed by atoms with Crippen LogP contribution < -0.4 is 15.2 Å². The Balaban J connectivity index is 0.00000264. The number of hydrogen-bond donors (Lipinski definition) is 1. The van der Waals surface area contributed by atoms with E-state index in [0.717, 1.165) is 0 Å². The summed E-state index contributed by atoms with van der Waals surface area (Å²) < 4.78 is 15.7. The number of nitrogens with two attached hydrogens (primary N) is 1. The van der Waals surface area contributed by atoms with E-state index in [0.29, 0.717) is 33.8 Å². The molecule has 2 rings (SSSR count). The molecule has 0 radical (unpaired) electrons. The third-order valence-electron chi connectivity index (χ3n) is 3.33. The molecular formula is C15H21Cl2N3O3. The standard InChI is InChI=1S/C15H20ClN3O3.ClH/c1-15(2,3)12(17)14-18-13(19-22-14)8-6-9(16)11(21-5)10(7-8)20-4;/h6-7,12H,17H2,1-5H3;1H/t12-;/m1./s1. The molecule has 1 aromatic heterocycles. The van der Waals surface area contributed by atoms with Gasteiger partial charge < -0.3 is 19.7 Å². The molecule has 0 spiro atoms. The Morgan fingerprint density at radius 2 is 1.87 bits per heavy atom. The SMILES string of the molecule is COc1cc(-c2noc([C@@H](N)C(C)(C)C)n2)cc(Cl)c1OC.Cl. The first kappa shape index (κ1) is 19.5. The summed E-state index contributed by atoms with van der Waals surface area (Å²) in [5.41, 5.74) is 6.61. The summed E-state index contributed by atoms with van der Waals surface area (Å²) in [6.45, 7) is 6.03. The van der Waals surface area contributed by atoms with Gasteiger partial charge in [0.15, 0.2) is 11.5 Å². The van der Waals surface area contributed by atoms with E-state index in [-0.39, 0.29) is 23.9 Å². The van der Waals surface area contributed by atoms with Crippen LogP contribution in [0.5, 0.6) is 11.5 Å². The average Bonchev–Trinajstić information content (AvgIpc) is 2.94. The van der Waals surface area contributed by atoms with Gasteiger partial charge in [0.05, 0.1) is 25.3 Å². The van der Waals surface area contributed by atoms with Crippen molar-refractivity contribution in [3.05, 3.63) is 23.0 Å². The van der Waals surface area contributed by atoms with Crippen molar-refractivity contribution in [3.8, 4) is 22.9 Å². The van der Waals surface area contributed by atoms with Crippen molar-refractivity contribution in [3.63, 3.8) is 0 Å². The first-order valence-electron chi connectivity index (χ1n) is 6.79. The summed E-state index contributed by atoms with van der Waals surface area (Å²) in [6.07, 6.45) is 0. The van der Waals surface area contributed by atoms with Crippen molar-refractivity contribution >= 4 is 24.0 Å². The fourth-order valence-corrected chi connectivity index (χ4v) is 2.18. The quantitative estimate of drug-likeness (QED) is 0.889. The Kier molecular flexibility index (Phi) is 6.27. The summed E-state index contributed by atoms with van der Waals surface area (Å²) in [4.78, 5) is 4.36. The molecule has 23 heavy (non-hydrogen) atoms. The minimum absolute atomic E-state index is 0. The molecule has 0 fully saturated rings. The minimum Gasteiger partial charge on any atom is -0.493 e. The van der Waals surface area contributed by atoms with Gasteiger partial charge in [0.2, 0.25) is 11.7 Å². The maximum atomic E-state index is 6.19. The van der Waals surface area contributed by atoms with E-state index in [9.17, 15) is 0 Å². The monoisotopic (exact) mass is 361 g/mol. The molecule has 0 aliphatic heterocycles. The van der Waals surface area contributed by atoms with Crippen LogP contribution in [0.3, 0.4) is 0 Å². The van der Waals surface area contributed by atoms with Crippen molar-refractivity contribution < 1.29 is 14.0 Å². The van der Waals surface area contributed by atoms with Gasteiger partial charge in [-0.1, -0.05) is 37.5 Å². The Hall–Kier alpha value is -1.50. The summed E-state index contributed by atoms with van der Waals surface area (Å²) in [7, 11) is 3.06. The predicted molar refractivity (Wildman–Crippen MR) is 91.5 cm³/mol. The van der Waals surface area contributed by atoms with Crippen LogP contribution in [-0.2, 0) is 0 Å². The highest BCUT2D eigenvalue weighted by molar-refractivity contribution is 6.32. The summed E-state index contributed by atoms with van der Waals surface area (Å²) in [5.74, 6) is 1.74. The number of methoxy groups -OCH3 is 2. The van der Waals surface area contributed by atoms with Gasteiger partial charge in [-0.25, -0.2) is 0 Å². The van der Waals surface area contributed by atoms with Gasteiger partial charge >= 0.3 is 0 Å². The molecule has 6 nitrogen and oxygen atoms in total. The Labute approximate surface area is 146 Å². The van der Waals surface area contributed by atoms with Crippen molar-refractivity contribution in [2.45, 2.75) is 26.8 Å². The lowest BCUT2D eigenvalue weighted by molar-refractivity contribution is 0.253. The number of nitrogens with zero attached hydrogens (tertiary/aromatic N) is 2. The molecule has 128 valence electrons. The Morgan fingerprint density at radius 3 is 2.39 bits per heavy atom. The first-order chi connectivity index (χ1) is 10.3. The molecule has 8 heteroatoms. The molecule has 0 amide bonds. The maximum absolute atomic E-state index is 6.19. The van der Waals surface area contributed by atoms with Gasteiger partial charge in [-0.3, -0.25) is 0 Å². The lowest BCUT2D eigenvalue weighted by Gasteiger charge is -2.23. The van der Waals surface area contributed by atoms with Crippen LogP contribution in [0.1, 0.15) is 32.7 Å². The average molecular weight is 362 g/mol. The van der Waals surface area contributed by atoms with E-state index in [1.807, 2.05) is 20.8 Å². The zero-order valence-electron chi connectivity index (χ0n) is 13.7. The van der Waals surface area contributed by atoms with Crippen molar-refractivity contribution in [1.82, 2.24) is 10.1 Å². The fraction of sp³-hybridized carbons (Fsp3) is 0.467. The van der Waals surface area contributed by atoms with E-state index in [2.05, 4.69) is 10.1 Å². The van der Waals surface area contributed by atoms with Crippen molar-refractivity contribution in [2.24, 2.45) is 11.1 Å². The molecule has 0 bridgehead atoms. The molecular weight excluding hydrogens is 341 g/mol. The molecule has 1 atom stereocenters. The van der Waals surface area contributed by atoms with Crippen LogP contribution in [0.4, 0.5) is 0 Å². The summed E-state index contributed by atoms with van der Waals surface area (Å²) >= 11 is 6.19. The highest BCUT2D eigenvalue weighted by atomic mass is 35.5. The highest BCUT2D eigenvalue weighted by Crippen LogP contribution is 2.39. The minimum atomic E-state index is -0.357. The van der Waals surface area contributed by atoms with Crippen LogP contribution in [0.2, 0.25) is 5.02 Å². The van der Waals surface area contributed by atoms with Gasteiger partial charge in [0, 0.05) is 5.56 Å². The van der Waals surface area contributed by atoms with Crippen LogP contribution in [0.15, 0.2) is 16.7 Å². The van der Waals surface area contributed by atoms with E-state index in [1.165, 1.54) is 14.2 Å². The van der Waals surface area contributed by atoms with Gasteiger partial charge in [-0.2, -0.15) is 4.98 Å². The lowest BCUT2D eigenvalue weighted by atomic mass is 9.87. The number of rotatable bonds is 4. The van der Waals surface area contributed by atoms with Gasteiger partial charge in [0.25, 0.3) is 0 Å². The molecule has 1 aromatic carbocycles. The van der Waals surface area contributed by atoms with Crippen LogP contribution >= 0.6 is 24.0 Å². The second-order valence-corrected chi connectivity index (χ2v) is 6.40. The predicted octanol–water partition coefficient (Wildman–Crippen LogP) is 3.87. The van der Waals surface area contributed by atoms with E-state index < -0.39 is 0 Å². The molecule has 2 N–H and O–H groups in total. The van der Waals surface area contributed by atoms with Crippen LogP contribution in [-0.4, -0.2) is 24.4 Å². The van der Waals surface area contributed by atoms with Gasteiger partial charge in [-0.15, -0.1) is 12.4 Å². The molecule has 2 aromatic rings. The van der Waals surface area contributed by atoms with Crippen molar-refractivity contribution in [1.29, 1.82) is 0 Å². The van der Waals surface area contributed by atoms with Gasteiger partial charge in [0.1, 0.15) is 0 Å². The lowest BCUT2D eigenvalue weighted by Crippen LogP contribution is -2.26.